The fourth-order valence-corrected chi connectivity index (χ4v) is 2.38. The number of rotatable bonds is 3. The molecule has 0 saturated carbocycles. The van der Waals surface area contributed by atoms with Crippen LogP contribution in [-0.2, 0) is 6.42 Å². The van der Waals surface area contributed by atoms with Crippen molar-refractivity contribution in [3.8, 4) is 5.75 Å². The van der Waals surface area contributed by atoms with Crippen LogP contribution >= 0.6 is 0 Å². The Labute approximate surface area is 120 Å². The standard InChI is InChI=1S/C14H12N6O/c1-21-12-5-10-8(6-18-20-10)4-11(12)19-14-13-9(2-3-15-13)16-7-17-14/h3-7H,2H2,1H3,(H,18,20)(H,16,17,19). The van der Waals surface area contributed by atoms with Gasteiger partial charge < -0.3 is 10.1 Å². The van der Waals surface area contributed by atoms with E-state index < -0.39 is 0 Å². The molecule has 0 saturated heterocycles. The summed E-state index contributed by atoms with van der Waals surface area (Å²) in [6.45, 7) is 0. The Morgan fingerprint density at radius 2 is 2.24 bits per heavy atom. The fraction of sp³-hybridized carbons (Fsp3) is 0.143. The molecule has 0 atom stereocenters. The maximum absolute atomic E-state index is 5.42. The summed E-state index contributed by atoms with van der Waals surface area (Å²) in [7, 11) is 1.63. The lowest BCUT2D eigenvalue weighted by Gasteiger charge is -2.12. The Kier molecular flexibility index (Phi) is 2.56. The van der Waals surface area contributed by atoms with Crippen molar-refractivity contribution >= 4 is 34.3 Å². The highest BCUT2D eigenvalue weighted by Gasteiger charge is 2.16. The number of nitrogens with zero attached hydrogens (tertiary/aromatic N) is 4. The summed E-state index contributed by atoms with van der Waals surface area (Å²) in [5.41, 5.74) is 3.44. The SMILES string of the molecule is COc1cc2[nH]ncc2cc1Nc1ncnc2c1N=CC2. The van der Waals surface area contributed by atoms with Gasteiger partial charge in [-0.3, -0.25) is 10.1 Å². The highest BCUT2D eigenvalue weighted by Crippen LogP contribution is 2.36. The van der Waals surface area contributed by atoms with Crippen molar-refractivity contribution in [1.29, 1.82) is 0 Å². The first-order chi connectivity index (χ1) is 10.3. The summed E-state index contributed by atoms with van der Waals surface area (Å²) >= 11 is 0. The van der Waals surface area contributed by atoms with Gasteiger partial charge in [0.25, 0.3) is 0 Å². The lowest BCUT2D eigenvalue weighted by molar-refractivity contribution is 0.417. The van der Waals surface area contributed by atoms with E-state index in [1.54, 1.807) is 19.6 Å². The largest absolute Gasteiger partial charge is 0.494 e. The summed E-state index contributed by atoms with van der Waals surface area (Å²) in [6.07, 6.45) is 5.88. The van der Waals surface area contributed by atoms with E-state index in [0.29, 0.717) is 11.6 Å². The quantitative estimate of drug-likeness (QED) is 0.769. The second-order valence-corrected chi connectivity index (χ2v) is 4.67. The van der Waals surface area contributed by atoms with Gasteiger partial charge in [0.1, 0.15) is 17.8 Å². The molecule has 7 heteroatoms. The van der Waals surface area contributed by atoms with Gasteiger partial charge in [-0.15, -0.1) is 0 Å². The maximum Gasteiger partial charge on any atom is 0.160 e. The van der Waals surface area contributed by atoms with Crippen LogP contribution in [0.2, 0.25) is 0 Å². The molecule has 0 fully saturated rings. The van der Waals surface area contributed by atoms with Crippen LogP contribution in [0.4, 0.5) is 17.2 Å². The monoisotopic (exact) mass is 280 g/mol. The summed E-state index contributed by atoms with van der Waals surface area (Å²) in [6, 6.07) is 3.86. The van der Waals surface area contributed by atoms with Crippen LogP contribution in [-0.4, -0.2) is 33.5 Å². The molecule has 4 rings (SSSR count). The normalized spacial score (nSPS) is 12.6. The van der Waals surface area contributed by atoms with Crippen molar-refractivity contribution in [2.45, 2.75) is 6.42 Å². The number of aliphatic imine (C=N–C) groups is 1. The van der Waals surface area contributed by atoms with Crippen LogP contribution in [0.1, 0.15) is 5.69 Å². The Hall–Kier alpha value is -2.96. The molecular formula is C14H12N6O. The van der Waals surface area contributed by atoms with Crippen molar-refractivity contribution in [1.82, 2.24) is 20.2 Å². The van der Waals surface area contributed by atoms with E-state index in [-0.39, 0.29) is 0 Å². The first-order valence-corrected chi connectivity index (χ1v) is 6.49. The molecule has 0 bridgehead atoms. The van der Waals surface area contributed by atoms with E-state index in [9.17, 15) is 0 Å². The van der Waals surface area contributed by atoms with Gasteiger partial charge in [-0.2, -0.15) is 5.10 Å². The zero-order chi connectivity index (χ0) is 14.2. The molecule has 0 radical (unpaired) electrons. The number of aromatic amines is 1. The van der Waals surface area contributed by atoms with Crippen molar-refractivity contribution in [2.75, 3.05) is 12.4 Å². The van der Waals surface area contributed by atoms with E-state index in [2.05, 4.69) is 30.5 Å². The van der Waals surface area contributed by atoms with Gasteiger partial charge in [0.15, 0.2) is 5.82 Å². The van der Waals surface area contributed by atoms with Crippen LogP contribution < -0.4 is 10.1 Å². The highest BCUT2D eigenvalue weighted by atomic mass is 16.5. The molecular weight excluding hydrogens is 268 g/mol. The average molecular weight is 280 g/mol. The summed E-state index contributed by atoms with van der Waals surface area (Å²) < 4.78 is 5.42. The van der Waals surface area contributed by atoms with Crippen molar-refractivity contribution in [2.24, 2.45) is 4.99 Å². The topological polar surface area (TPSA) is 88.1 Å². The summed E-state index contributed by atoms with van der Waals surface area (Å²) in [5, 5.41) is 11.2. The molecule has 1 aliphatic heterocycles. The number of ether oxygens (including phenoxy) is 1. The first kappa shape index (κ1) is 11.8. The number of nitrogens with one attached hydrogen (secondary N) is 2. The van der Waals surface area contributed by atoms with Gasteiger partial charge >= 0.3 is 0 Å². The van der Waals surface area contributed by atoms with Crippen LogP contribution in [0.25, 0.3) is 10.9 Å². The fourth-order valence-electron chi connectivity index (χ4n) is 2.38. The Balaban J connectivity index is 1.80. The molecule has 2 N–H and O–H groups in total. The molecule has 0 aliphatic carbocycles. The molecule has 21 heavy (non-hydrogen) atoms. The van der Waals surface area contributed by atoms with Crippen LogP contribution in [0, 0.1) is 0 Å². The van der Waals surface area contributed by atoms with Gasteiger partial charge in [-0.25, -0.2) is 9.97 Å². The smallest absolute Gasteiger partial charge is 0.160 e. The van der Waals surface area contributed by atoms with E-state index in [0.717, 1.165) is 34.4 Å². The lowest BCUT2D eigenvalue weighted by atomic mass is 10.2. The van der Waals surface area contributed by atoms with Gasteiger partial charge in [0, 0.05) is 24.1 Å². The maximum atomic E-state index is 5.42. The molecule has 1 aromatic carbocycles. The van der Waals surface area contributed by atoms with E-state index >= 15 is 0 Å². The summed E-state index contributed by atoms with van der Waals surface area (Å²) in [4.78, 5) is 12.8. The van der Waals surface area contributed by atoms with Crippen LogP contribution in [0.5, 0.6) is 5.75 Å². The molecule has 0 amide bonds. The van der Waals surface area contributed by atoms with Crippen LogP contribution in [0.3, 0.4) is 0 Å². The average Bonchev–Trinajstić information content (AvgIpc) is 3.15. The van der Waals surface area contributed by atoms with Gasteiger partial charge in [0.2, 0.25) is 0 Å². The number of hydrogen-bond donors (Lipinski definition) is 2. The molecule has 3 heterocycles. The third kappa shape index (κ3) is 1.90. The Bertz CT molecular complexity index is 854. The minimum Gasteiger partial charge on any atom is -0.494 e. The second kappa shape index (κ2) is 4.55. The molecule has 1 aliphatic rings. The number of fused-ring (bicyclic) bond motifs is 2. The number of anilines is 2. The van der Waals surface area contributed by atoms with E-state index in [1.165, 1.54) is 0 Å². The van der Waals surface area contributed by atoms with Crippen LogP contribution in [0.15, 0.2) is 29.6 Å². The number of H-pyrrole nitrogens is 1. The number of methoxy groups -OCH3 is 1. The Morgan fingerprint density at radius 3 is 3.14 bits per heavy atom. The molecule has 7 nitrogen and oxygen atoms in total. The minimum absolute atomic E-state index is 0.676. The third-order valence-corrected chi connectivity index (χ3v) is 3.42. The van der Waals surface area contributed by atoms with Gasteiger partial charge in [-0.05, 0) is 6.07 Å². The molecule has 2 aromatic heterocycles. The molecule has 104 valence electrons. The zero-order valence-corrected chi connectivity index (χ0v) is 11.3. The predicted molar refractivity (Wildman–Crippen MR) is 79.8 cm³/mol. The molecule has 3 aromatic rings. The third-order valence-electron chi connectivity index (χ3n) is 3.42. The number of aromatic nitrogens is 4. The van der Waals surface area contributed by atoms with Crippen molar-refractivity contribution in [3.63, 3.8) is 0 Å². The molecule has 0 spiro atoms. The van der Waals surface area contributed by atoms with E-state index in [1.807, 2.05) is 18.3 Å². The second-order valence-electron chi connectivity index (χ2n) is 4.67. The van der Waals surface area contributed by atoms with Crippen molar-refractivity contribution < 1.29 is 4.74 Å². The summed E-state index contributed by atoms with van der Waals surface area (Å²) in [5.74, 6) is 1.39. The predicted octanol–water partition coefficient (Wildman–Crippen LogP) is 2.36. The van der Waals surface area contributed by atoms with E-state index in [4.69, 9.17) is 4.74 Å². The minimum atomic E-state index is 0.676. The lowest BCUT2D eigenvalue weighted by Crippen LogP contribution is -1.99. The zero-order valence-electron chi connectivity index (χ0n) is 11.3. The Morgan fingerprint density at radius 1 is 1.29 bits per heavy atom. The molecule has 0 unspecified atom stereocenters. The van der Waals surface area contributed by atoms with Gasteiger partial charge in [0.05, 0.1) is 30.2 Å². The highest BCUT2D eigenvalue weighted by molar-refractivity contribution is 5.88. The van der Waals surface area contributed by atoms with Crippen molar-refractivity contribution in [3.05, 3.63) is 30.4 Å². The number of benzene rings is 1. The number of hydrogen-bond acceptors (Lipinski definition) is 6. The van der Waals surface area contributed by atoms with Gasteiger partial charge in [-0.1, -0.05) is 0 Å². The first-order valence-electron chi connectivity index (χ1n) is 6.49.